The molecule has 0 spiro atoms. The van der Waals surface area contributed by atoms with Crippen molar-refractivity contribution in [3.8, 4) is 0 Å². The minimum atomic E-state index is -0.277. The zero-order chi connectivity index (χ0) is 21.8. The molecule has 2 aromatic heterocycles. The van der Waals surface area contributed by atoms with Gasteiger partial charge in [0.15, 0.2) is 5.13 Å². The van der Waals surface area contributed by atoms with Crippen LogP contribution in [0.1, 0.15) is 0 Å². The van der Waals surface area contributed by atoms with Crippen LogP contribution in [0.4, 0.5) is 25.8 Å². The van der Waals surface area contributed by atoms with E-state index in [1.165, 1.54) is 23.5 Å². The normalized spacial score (nSPS) is 15.2. The van der Waals surface area contributed by atoms with Gasteiger partial charge in [0.05, 0.1) is 0 Å². The lowest BCUT2D eigenvalue weighted by molar-refractivity contribution is 0.155. The molecular formula is C21H26FN7OS. The second-order valence-corrected chi connectivity index (χ2v) is 8.55. The Balaban J connectivity index is 1.33. The van der Waals surface area contributed by atoms with E-state index in [2.05, 4.69) is 37.4 Å². The number of rotatable bonds is 6. The summed E-state index contributed by atoms with van der Waals surface area (Å²) < 4.78 is 13.2. The van der Waals surface area contributed by atoms with Crippen LogP contribution in [0.5, 0.6) is 0 Å². The molecule has 10 heteroatoms. The van der Waals surface area contributed by atoms with E-state index in [0.29, 0.717) is 23.0 Å². The summed E-state index contributed by atoms with van der Waals surface area (Å²) >= 11 is 1.32. The molecule has 0 bridgehead atoms. The fraction of sp³-hybridized carbons (Fsp3) is 0.381. The van der Waals surface area contributed by atoms with Gasteiger partial charge in [0.25, 0.3) is 0 Å². The first kappa shape index (κ1) is 21.4. The first-order chi connectivity index (χ1) is 15.0. The Hall–Kier alpha value is -2.82. The van der Waals surface area contributed by atoms with Crippen LogP contribution in [0.3, 0.4) is 0 Å². The lowest BCUT2D eigenvalue weighted by Gasteiger charge is -2.32. The van der Waals surface area contributed by atoms with Crippen molar-refractivity contribution in [2.75, 3.05) is 63.6 Å². The highest BCUT2D eigenvalue weighted by Gasteiger charge is 2.14. The van der Waals surface area contributed by atoms with E-state index in [9.17, 15) is 9.18 Å². The number of carbonyl (C=O) groups excluding carboxylic acids is 1. The SMILES string of the molecule is CN1CCN(CCNC(=O)Nc2nc3ccc(N(C)c4ccc(F)cc4)nc3s2)CC1. The highest BCUT2D eigenvalue weighted by atomic mass is 32.1. The van der Waals surface area contributed by atoms with Gasteiger partial charge in [0.1, 0.15) is 22.0 Å². The van der Waals surface area contributed by atoms with Crippen molar-refractivity contribution < 1.29 is 9.18 Å². The molecule has 1 aliphatic rings. The number of carbonyl (C=O) groups is 1. The summed E-state index contributed by atoms with van der Waals surface area (Å²) in [6, 6.07) is 9.69. The fourth-order valence-corrected chi connectivity index (χ4v) is 4.21. The van der Waals surface area contributed by atoms with E-state index in [-0.39, 0.29) is 11.8 Å². The van der Waals surface area contributed by atoms with E-state index in [4.69, 9.17) is 0 Å². The summed E-state index contributed by atoms with van der Waals surface area (Å²) in [4.78, 5) is 28.6. The number of hydrogen-bond acceptors (Lipinski definition) is 7. The Kier molecular flexibility index (Phi) is 6.59. The van der Waals surface area contributed by atoms with Gasteiger partial charge in [-0.3, -0.25) is 10.2 Å². The molecule has 8 nitrogen and oxygen atoms in total. The molecule has 1 aromatic carbocycles. The smallest absolute Gasteiger partial charge is 0.321 e. The van der Waals surface area contributed by atoms with Gasteiger partial charge in [0.2, 0.25) is 0 Å². The Morgan fingerprint density at radius 2 is 1.87 bits per heavy atom. The van der Waals surface area contributed by atoms with Gasteiger partial charge in [-0.05, 0) is 43.4 Å². The molecule has 31 heavy (non-hydrogen) atoms. The number of piperazine rings is 1. The summed E-state index contributed by atoms with van der Waals surface area (Å²) in [5.74, 6) is 0.437. The largest absolute Gasteiger partial charge is 0.337 e. The molecule has 4 rings (SSSR count). The number of amides is 2. The number of pyridine rings is 1. The number of halogens is 1. The highest BCUT2D eigenvalue weighted by Crippen LogP contribution is 2.29. The average molecular weight is 444 g/mol. The van der Waals surface area contributed by atoms with Crippen LogP contribution in [0, 0.1) is 5.82 Å². The maximum Gasteiger partial charge on any atom is 0.321 e. The van der Waals surface area contributed by atoms with Crippen molar-refractivity contribution in [3.05, 3.63) is 42.2 Å². The van der Waals surface area contributed by atoms with E-state index >= 15 is 0 Å². The number of urea groups is 1. The van der Waals surface area contributed by atoms with Gasteiger partial charge < -0.3 is 15.1 Å². The molecule has 3 heterocycles. The lowest BCUT2D eigenvalue weighted by Crippen LogP contribution is -2.47. The number of thiazole rings is 1. The Labute approximate surface area is 184 Å². The van der Waals surface area contributed by atoms with Crippen LogP contribution >= 0.6 is 11.3 Å². The zero-order valence-corrected chi connectivity index (χ0v) is 18.5. The van der Waals surface area contributed by atoms with Crippen LogP contribution in [0.15, 0.2) is 36.4 Å². The van der Waals surface area contributed by atoms with E-state index in [1.54, 1.807) is 12.1 Å². The minimum Gasteiger partial charge on any atom is -0.337 e. The van der Waals surface area contributed by atoms with Gasteiger partial charge in [-0.15, -0.1) is 0 Å². The summed E-state index contributed by atoms with van der Waals surface area (Å²) in [5.41, 5.74) is 1.55. The molecule has 1 aliphatic heterocycles. The summed E-state index contributed by atoms with van der Waals surface area (Å²) in [6.45, 7) is 5.59. The quantitative estimate of drug-likeness (QED) is 0.610. The first-order valence-electron chi connectivity index (χ1n) is 10.2. The van der Waals surface area contributed by atoms with Crippen LogP contribution in [0.25, 0.3) is 10.3 Å². The highest BCUT2D eigenvalue weighted by molar-refractivity contribution is 7.22. The Bertz CT molecular complexity index is 1030. The molecule has 164 valence electrons. The maximum atomic E-state index is 13.2. The number of likely N-dealkylation sites (N-methyl/N-ethyl adjacent to an activating group) is 1. The molecule has 2 N–H and O–H groups in total. The molecule has 0 radical (unpaired) electrons. The van der Waals surface area contributed by atoms with Crippen LogP contribution < -0.4 is 15.5 Å². The van der Waals surface area contributed by atoms with Gasteiger partial charge >= 0.3 is 6.03 Å². The monoisotopic (exact) mass is 443 g/mol. The molecule has 1 fully saturated rings. The molecule has 1 saturated heterocycles. The van der Waals surface area contributed by atoms with Crippen LogP contribution in [0.2, 0.25) is 0 Å². The molecule has 3 aromatic rings. The lowest BCUT2D eigenvalue weighted by atomic mass is 10.3. The summed E-state index contributed by atoms with van der Waals surface area (Å²) in [6.07, 6.45) is 0. The van der Waals surface area contributed by atoms with Gasteiger partial charge in [0, 0.05) is 52.0 Å². The van der Waals surface area contributed by atoms with Crippen molar-refractivity contribution in [3.63, 3.8) is 0 Å². The third kappa shape index (κ3) is 5.46. The fourth-order valence-electron chi connectivity index (χ4n) is 3.38. The topological polar surface area (TPSA) is 76.6 Å². The Morgan fingerprint density at radius 3 is 2.61 bits per heavy atom. The molecule has 0 unspecified atom stereocenters. The Morgan fingerprint density at radius 1 is 1.13 bits per heavy atom. The standard InChI is InChI=1S/C21H26FN7OS/c1-27-11-13-29(14-12-27)10-9-23-20(30)26-21-24-17-7-8-18(25-19(17)31-21)28(2)16-5-3-15(22)4-6-16/h3-8H,9-14H2,1-2H3,(H2,23,24,26,30). The second-order valence-electron chi connectivity index (χ2n) is 7.57. The average Bonchev–Trinajstić information content (AvgIpc) is 3.16. The molecule has 0 atom stereocenters. The zero-order valence-electron chi connectivity index (χ0n) is 17.6. The van der Waals surface area contributed by atoms with Crippen LogP contribution in [-0.2, 0) is 0 Å². The van der Waals surface area contributed by atoms with Gasteiger partial charge in [-0.2, -0.15) is 0 Å². The van der Waals surface area contributed by atoms with E-state index in [0.717, 1.165) is 43.2 Å². The number of nitrogens with zero attached hydrogens (tertiary/aromatic N) is 5. The number of anilines is 3. The second kappa shape index (κ2) is 9.54. The van der Waals surface area contributed by atoms with Crippen molar-refractivity contribution in [1.29, 1.82) is 0 Å². The van der Waals surface area contributed by atoms with E-state index in [1.807, 2.05) is 24.1 Å². The number of nitrogens with one attached hydrogen (secondary N) is 2. The maximum absolute atomic E-state index is 13.2. The third-order valence-electron chi connectivity index (χ3n) is 5.33. The number of benzene rings is 1. The molecular weight excluding hydrogens is 417 g/mol. The van der Waals surface area contributed by atoms with Crippen molar-refractivity contribution in [1.82, 2.24) is 25.1 Å². The first-order valence-corrected chi connectivity index (χ1v) is 11.0. The molecule has 0 saturated carbocycles. The van der Waals surface area contributed by atoms with Crippen molar-refractivity contribution >= 4 is 44.4 Å². The third-order valence-corrected chi connectivity index (χ3v) is 6.21. The summed E-state index contributed by atoms with van der Waals surface area (Å²) in [7, 11) is 4.00. The number of hydrogen-bond donors (Lipinski definition) is 2. The van der Waals surface area contributed by atoms with Gasteiger partial charge in [-0.1, -0.05) is 11.3 Å². The van der Waals surface area contributed by atoms with Crippen molar-refractivity contribution in [2.45, 2.75) is 0 Å². The predicted octanol–water partition coefficient (Wildman–Crippen LogP) is 2.97. The summed E-state index contributed by atoms with van der Waals surface area (Å²) in [5, 5.41) is 6.19. The van der Waals surface area contributed by atoms with Crippen molar-refractivity contribution in [2.24, 2.45) is 0 Å². The van der Waals surface area contributed by atoms with Crippen LogP contribution in [-0.4, -0.2) is 79.2 Å². The molecule has 0 aliphatic carbocycles. The van der Waals surface area contributed by atoms with E-state index < -0.39 is 0 Å². The van der Waals surface area contributed by atoms with Gasteiger partial charge in [-0.25, -0.2) is 19.2 Å². The molecule has 2 amide bonds. The number of aromatic nitrogens is 2. The minimum absolute atomic E-state index is 0.267. The number of fused-ring (bicyclic) bond motifs is 1. The predicted molar refractivity (Wildman–Crippen MR) is 123 cm³/mol.